The molecule has 166 valence electrons. The van der Waals surface area contributed by atoms with Crippen molar-refractivity contribution in [3.63, 3.8) is 0 Å². The number of aliphatic hydroxyl groups excluding tert-OH is 9. The van der Waals surface area contributed by atoms with Gasteiger partial charge in [-0.15, -0.1) is 0 Å². The van der Waals surface area contributed by atoms with Gasteiger partial charge in [0.1, 0.15) is 54.9 Å². The summed E-state index contributed by atoms with van der Waals surface area (Å²) in [4.78, 5) is 0. The van der Waals surface area contributed by atoms with Crippen LogP contribution in [0.3, 0.4) is 0 Å². The van der Waals surface area contributed by atoms with Crippen LogP contribution in [0.2, 0.25) is 0 Å². The maximum atomic E-state index is 10.3. The zero-order chi connectivity index (χ0) is 21.0. The zero-order valence-corrected chi connectivity index (χ0v) is 14.8. The van der Waals surface area contributed by atoms with Gasteiger partial charge in [0.2, 0.25) is 0 Å². The molecule has 2 aliphatic rings. The molecule has 2 saturated heterocycles. The molecule has 0 amide bonds. The van der Waals surface area contributed by atoms with Crippen LogP contribution >= 0.6 is 0 Å². The second-order valence-corrected chi connectivity index (χ2v) is 6.67. The summed E-state index contributed by atoms with van der Waals surface area (Å²) in [6.07, 6.45) is -16.7. The summed E-state index contributed by atoms with van der Waals surface area (Å²) >= 11 is 0. The number of aliphatic hydroxyl groups is 9. The average molecular weight is 416 g/mol. The van der Waals surface area contributed by atoms with Crippen LogP contribution in [0.4, 0.5) is 0 Å². The summed E-state index contributed by atoms with van der Waals surface area (Å²) < 4.78 is 20.9. The van der Waals surface area contributed by atoms with Crippen molar-refractivity contribution in [2.24, 2.45) is 0 Å². The van der Waals surface area contributed by atoms with Crippen LogP contribution in [0.1, 0.15) is 0 Å². The van der Waals surface area contributed by atoms with E-state index in [-0.39, 0.29) is 0 Å². The van der Waals surface area contributed by atoms with Crippen molar-refractivity contribution in [3.05, 3.63) is 0 Å². The second kappa shape index (κ2) is 10.5. The molecule has 2 aliphatic heterocycles. The highest BCUT2D eigenvalue weighted by Crippen LogP contribution is 2.29. The molecule has 5 unspecified atom stereocenters. The Labute approximate surface area is 159 Å². The van der Waals surface area contributed by atoms with Crippen molar-refractivity contribution < 1.29 is 64.9 Å². The summed E-state index contributed by atoms with van der Waals surface area (Å²) in [5.74, 6) is 0. The predicted octanol–water partition coefficient (Wildman–Crippen LogP) is -6.02. The zero-order valence-electron chi connectivity index (χ0n) is 14.8. The first-order chi connectivity index (χ1) is 13.2. The van der Waals surface area contributed by atoms with Crippen LogP contribution in [0.25, 0.3) is 0 Å². The molecular formula is C15H28O13. The van der Waals surface area contributed by atoms with E-state index in [9.17, 15) is 40.9 Å². The van der Waals surface area contributed by atoms with Crippen molar-refractivity contribution in [2.45, 2.75) is 67.5 Å². The van der Waals surface area contributed by atoms with Crippen molar-refractivity contribution >= 4 is 0 Å². The fourth-order valence-corrected chi connectivity index (χ4v) is 2.95. The van der Waals surface area contributed by atoms with Gasteiger partial charge in [-0.3, -0.25) is 0 Å². The molecule has 2 heterocycles. The third kappa shape index (κ3) is 5.14. The lowest BCUT2D eigenvalue weighted by atomic mass is 9.97. The molecule has 0 saturated carbocycles. The third-order valence-corrected chi connectivity index (χ3v) is 4.62. The Kier molecular flexibility index (Phi) is 8.90. The first-order valence-corrected chi connectivity index (χ1v) is 8.74. The summed E-state index contributed by atoms with van der Waals surface area (Å²) in [6.45, 7) is -2.41. The molecule has 0 aromatic heterocycles. The van der Waals surface area contributed by atoms with Gasteiger partial charge in [-0.1, -0.05) is 0 Å². The molecule has 0 aliphatic carbocycles. The normalized spacial score (nSPS) is 45.8. The molecule has 0 bridgehead atoms. The summed E-state index contributed by atoms with van der Waals surface area (Å²) in [6, 6.07) is 0. The van der Waals surface area contributed by atoms with E-state index in [1.807, 2.05) is 0 Å². The van der Waals surface area contributed by atoms with E-state index in [0.29, 0.717) is 0 Å². The topological polar surface area (TPSA) is 219 Å². The first-order valence-electron chi connectivity index (χ1n) is 8.74. The molecule has 0 spiro atoms. The monoisotopic (exact) mass is 416 g/mol. The lowest BCUT2D eigenvalue weighted by Crippen LogP contribution is -2.64. The van der Waals surface area contributed by atoms with Crippen LogP contribution in [-0.4, -0.2) is 140 Å². The van der Waals surface area contributed by atoms with E-state index in [0.717, 1.165) is 0 Å². The van der Waals surface area contributed by atoms with E-state index < -0.39 is 93.9 Å². The summed E-state index contributed by atoms with van der Waals surface area (Å²) in [7, 11) is 0. The number of hydrogen-bond donors (Lipinski definition) is 9. The number of ether oxygens (including phenoxy) is 4. The van der Waals surface area contributed by atoms with E-state index in [2.05, 4.69) is 0 Å². The van der Waals surface area contributed by atoms with Crippen molar-refractivity contribution in [3.8, 4) is 0 Å². The highest BCUT2D eigenvalue weighted by molar-refractivity contribution is 4.94. The Morgan fingerprint density at radius 1 is 0.714 bits per heavy atom. The van der Waals surface area contributed by atoms with Gasteiger partial charge >= 0.3 is 0 Å². The average Bonchev–Trinajstić information content (AvgIpc) is 2.70. The Hall–Kier alpha value is -0.520. The van der Waals surface area contributed by atoms with Crippen LogP contribution in [-0.2, 0) is 18.9 Å². The molecule has 0 radical (unpaired) electrons. The van der Waals surface area contributed by atoms with Crippen LogP contribution in [0.15, 0.2) is 0 Å². The fourth-order valence-electron chi connectivity index (χ4n) is 2.95. The molecule has 9 N–H and O–H groups in total. The summed E-state index contributed by atoms with van der Waals surface area (Å²) in [5, 5.41) is 86.9. The van der Waals surface area contributed by atoms with E-state index in [1.165, 1.54) is 0 Å². The minimum absolute atomic E-state index is 0.415. The molecule has 11 atom stereocenters. The highest BCUT2D eigenvalue weighted by Gasteiger charge is 2.50. The molecule has 0 aromatic rings. The van der Waals surface area contributed by atoms with Gasteiger partial charge in [0.05, 0.1) is 26.4 Å². The van der Waals surface area contributed by atoms with Gasteiger partial charge in [-0.25, -0.2) is 0 Å². The SMILES string of the molecule is OCC(O)CO[C@@H]1OC(CO)[C@H](O[C@@H]2OC(CO)[C@H](O)[C@H](O)C2O)[C@H](O)C1O. The fraction of sp³-hybridized carbons (Fsp3) is 1.00. The van der Waals surface area contributed by atoms with E-state index in [1.54, 1.807) is 0 Å². The third-order valence-electron chi connectivity index (χ3n) is 4.62. The van der Waals surface area contributed by atoms with Gasteiger partial charge in [0.25, 0.3) is 0 Å². The number of rotatable bonds is 8. The van der Waals surface area contributed by atoms with Crippen molar-refractivity contribution in [2.75, 3.05) is 26.4 Å². The lowest BCUT2D eigenvalue weighted by molar-refractivity contribution is -0.360. The smallest absolute Gasteiger partial charge is 0.187 e. The van der Waals surface area contributed by atoms with Crippen molar-refractivity contribution in [1.82, 2.24) is 0 Å². The Balaban J connectivity index is 2.06. The van der Waals surface area contributed by atoms with Crippen LogP contribution in [0, 0.1) is 0 Å². The van der Waals surface area contributed by atoms with Crippen LogP contribution in [0.5, 0.6) is 0 Å². The lowest BCUT2D eigenvalue weighted by Gasteiger charge is -2.46. The molecule has 13 heteroatoms. The first kappa shape index (κ1) is 23.8. The van der Waals surface area contributed by atoms with Gasteiger partial charge in [0, 0.05) is 0 Å². The van der Waals surface area contributed by atoms with Crippen molar-refractivity contribution in [1.29, 1.82) is 0 Å². The van der Waals surface area contributed by atoms with Gasteiger partial charge in [0.15, 0.2) is 12.6 Å². The standard InChI is InChI=1S/C15H28O13/c16-1-5(19)4-25-14-12(24)10(22)13(7(3-18)27-14)28-15-11(23)9(21)8(20)6(2-17)26-15/h5-24H,1-4H2/t5?,6?,7?,8-,9-,10+,11?,12?,13-,14+,15-/m0/s1. The Bertz CT molecular complexity index is 463. The minimum Gasteiger partial charge on any atom is -0.394 e. The molecule has 2 rings (SSSR count). The number of hydrogen-bond acceptors (Lipinski definition) is 13. The Morgan fingerprint density at radius 3 is 1.86 bits per heavy atom. The minimum atomic E-state index is -1.75. The molecule has 0 aromatic carbocycles. The maximum Gasteiger partial charge on any atom is 0.187 e. The van der Waals surface area contributed by atoms with Crippen LogP contribution < -0.4 is 0 Å². The molecular weight excluding hydrogens is 388 g/mol. The largest absolute Gasteiger partial charge is 0.394 e. The maximum absolute atomic E-state index is 10.3. The highest BCUT2D eigenvalue weighted by atomic mass is 16.7. The van der Waals surface area contributed by atoms with Gasteiger partial charge in [-0.05, 0) is 0 Å². The van der Waals surface area contributed by atoms with E-state index in [4.69, 9.17) is 24.1 Å². The second-order valence-electron chi connectivity index (χ2n) is 6.67. The Morgan fingerprint density at radius 2 is 1.29 bits per heavy atom. The molecule has 2 fully saturated rings. The summed E-state index contributed by atoms with van der Waals surface area (Å²) in [5.41, 5.74) is 0. The molecule has 28 heavy (non-hydrogen) atoms. The quantitative estimate of drug-likeness (QED) is 0.180. The predicted molar refractivity (Wildman–Crippen MR) is 85.4 cm³/mol. The van der Waals surface area contributed by atoms with E-state index >= 15 is 0 Å². The van der Waals surface area contributed by atoms with Gasteiger partial charge in [-0.2, -0.15) is 0 Å². The molecule has 13 nitrogen and oxygen atoms in total. The van der Waals surface area contributed by atoms with Gasteiger partial charge < -0.3 is 64.9 Å².